The molecule has 4 N–H and O–H groups in total. The van der Waals surface area contributed by atoms with E-state index in [0.717, 1.165) is 19.4 Å². The third-order valence-electron chi connectivity index (χ3n) is 4.15. The van der Waals surface area contributed by atoms with Crippen LogP contribution in [0.4, 0.5) is 4.79 Å². The fraction of sp³-hybridized carbons (Fsp3) is 0.765. The maximum atomic E-state index is 12.1. The number of hydrogen-bond acceptors (Lipinski definition) is 6. The third kappa shape index (κ3) is 6.29. The summed E-state index contributed by atoms with van der Waals surface area (Å²) < 4.78 is 5.13. The number of rotatable bonds is 6. The number of amides is 3. The molecule has 0 aliphatic carbocycles. The number of ether oxygens (including phenoxy) is 1. The highest BCUT2D eigenvalue weighted by molar-refractivity contribution is 6.07. The quantitative estimate of drug-likeness (QED) is 0.502. The molecule has 0 bridgehead atoms. The van der Waals surface area contributed by atoms with E-state index in [1.54, 1.807) is 20.8 Å². The van der Waals surface area contributed by atoms with E-state index < -0.39 is 11.7 Å². The second kappa shape index (κ2) is 8.98. The molecule has 0 radical (unpaired) electrons. The zero-order valence-electron chi connectivity index (χ0n) is 15.7. The van der Waals surface area contributed by atoms with Gasteiger partial charge in [-0.15, -0.1) is 0 Å². The molecule has 26 heavy (non-hydrogen) atoms. The molecule has 9 heteroatoms. The number of nitrogens with zero attached hydrogens (tertiary/aromatic N) is 1. The average molecular weight is 367 g/mol. The average Bonchev–Trinajstić information content (AvgIpc) is 2.56. The topological polar surface area (TPSA) is 121 Å². The number of nitrogens with one attached hydrogen (secondary N) is 4. The molecule has 0 saturated carbocycles. The lowest BCUT2D eigenvalue weighted by Gasteiger charge is -2.34. The molecule has 3 amide bonds. The Hall–Kier alpha value is -2.16. The van der Waals surface area contributed by atoms with Gasteiger partial charge < -0.3 is 20.7 Å². The summed E-state index contributed by atoms with van der Waals surface area (Å²) in [5.41, 5.74) is 2.65. The molecule has 2 unspecified atom stereocenters. The Labute approximate surface area is 153 Å². The Kier molecular flexibility index (Phi) is 6.96. The molecular formula is C17H29N5O4. The second-order valence-corrected chi connectivity index (χ2v) is 7.57. The predicted octanol–water partition coefficient (Wildman–Crippen LogP) is 0.262. The molecule has 0 aromatic heterocycles. The highest BCUT2D eigenvalue weighted by Crippen LogP contribution is 2.21. The first-order chi connectivity index (χ1) is 12.3. The van der Waals surface area contributed by atoms with Crippen molar-refractivity contribution in [2.24, 2.45) is 11.0 Å². The van der Waals surface area contributed by atoms with Gasteiger partial charge in [0.1, 0.15) is 5.60 Å². The Morgan fingerprint density at radius 1 is 1.27 bits per heavy atom. The standard InChI is InChI=1S/C17H29N5O4/c1-17(2,3)26-16(25)20-9-5-8-18-13(23)10-12-14-11(6-4-7-19-14)15(24)22-21-12/h11,14,19H,4-10H2,1-3H3,(H,18,23)(H,20,25)(H,22,24). The van der Waals surface area contributed by atoms with Crippen molar-refractivity contribution in [3.05, 3.63) is 0 Å². The zero-order chi connectivity index (χ0) is 19.2. The van der Waals surface area contributed by atoms with Crippen LogP contribution in [0, 0.1) is 5.92 Å². The Morgan fingerprint density at radius 2 is 2.00 bits per heavy atom. The van der Waals surface area contributed by atoms with Crippen LogP contribution in [0.25, 0.3) is 0 Å². The summed E-state index contributed by atoms with van der Waals surface area (Å²) in [6, 6.07) is -0.155. The van der Waals surface area contributed by atoms with E-state index in [0.29, 0.717) is 25.2 Å². The molecule has 0 aromatic rings. The zero-order valence-corrected chi connectivity index (χ0v) is 15.7. The van der Waals surface area contributed by atoms with Crippen molar-refractivity contribution in [2.45, 2.75) is 58.1 Å². The number of alkyl carbamates (subject to hydrolysis) is 1. The van der Waals surface area contributed by atoms with Crippen LogP contribution < -0.4 is 21.4 Å². The first kappa shape index (κ1) is 20.2. The number of carbonyl (C=O) groups is 3. The molecule has 2 heterocycles. The van der Waals surface area contributed by atoms with E-state index in [1.165, 1.54) is 0 Å². The van der Waals surface area contributed by atoms with Gasteiger partial charge in [0.05, 0.1) is 24.1 Å². The van der Waals surface area contributed by atoms with Crippen LogP contribution in [0.5, 0.6) is 0 Å². The SMILES string of the molecule is CC(C)(C)OC(=O)NCCCNC(=O)CC1=NNC(=O)C2CCCNC12. The number of fused-ring (bicyclic) bond motifs is 1. The van der Waals surface area contributed by atoms with Crippen molar-refractivity contribution in [1.82, 2.24) is 21.4 Å². The smallest absolute Gasteiger partial charge is 0.407 e. The molecule has 0 spiro atoms. The molecule has 2 atom stereocenters. The van der Waals surface area contributed by atoms with E-state index in [2.05, 4.69) is 26.5 Å². The summed E-state index contributed by atoms with van der Waals surface area (Å²) in [6.07, 6.45) is 2.02. The van der Waals surface area contributed by atoms with E-state index in [1.807, 2.05) is 0 Å². The lowest BCUT2D eigenvalue weighted by Crippen LogP contribution is -2.56. The first-order valence-corrected chi connectivity index (χ1v) is 9.09. The van der Waals surface area contributed by atoms with Gasteiger partial charge >= 0.3 is 6.09 Å². The van der Waals surface area contributed by atoms with Gasteiger partial charge in [0.25, 0.3) is 0 Å². The van der Waals surface area contributed by atoms with Gasteiger partial charge in [0.15, 0.2) is 0 Å². The number of carbonyl (C=O) groups excluding carboxylic acids is 3. The van der Waals surface area contributed by atoms with Crippen LogP contribution in [0.15, 0.2) is 5.10 Å². The number of hydrazone groups is 1. The van der Waals surface area contributed by atoms with Crippen LogP contribution in [0.2, 0.25) is 0 Å². The van der Waals surface area contributed by atoms with Crippen LogP contribution in [0.3, 0.4) is 0 Å². The molecule has 1 saturated heterocycles. The van der Waals surface area contributed by atoms with Gasteiger partial charge in [-0.25, -0.2) is 10.2 Å². The lowest BCUT2D eigenvalue weighted by atomic mass is 9.85. The van der Waals surface area contributed by atoms with Crippen LogP contribution in [-0.4, -0.2) is 54.9 Å². The van der Waals surface area contributed by atoms with Crippen molar-refractivity contribution >= 4 is 23.6 Å². The van der Waals surface area contributed by atoms with Crippen LogP contribution in [-0.2, 0) is 14.3 Å². The Morgan fingerprint density at radius 3 is 2.73 bits per heavy atom. The first-order valence-electron chi connectivity index (χ1n) is 9.09. The van der Waals surface area contributed by atoms with Gasteiger partial charge in [0.2, 0.25) is 11.8 Å². The molecule has 146 valence electrons. The highest BCUT2D eigenvalue weighted by Gasteiger charge is 2.37. The maximum Gasteiger partial charge on any atom is 0.407 e. The van der Waals surface area contributed by atoms with E-state index in [-0.39, 0.29) is 30.2 Å². The van der Waals surface area contributed by atoms with Gasteiger partial charge in [0, 0.05) is 13.1 Å². The molecule has 9 nitrogen and oxygen atoms in total. The van der Waals surface area contributed by atoms with Crippen LogP contribution >= 0.6 is 0 Å². The van der Waals surface area contributed by atoms with Crippen molar-refractivity contribution in [3.8, 4) is 0 Å². The van der Waals surface area contributed by atoms with Gasteiger partial charge in [-0.3, -0.25) is 9.59 Å². The largest absolute Gasteiger partial charge is 0.444 e. The normalized spacial score (nSPS) is 22.6. The van der Waals surface area contributed by atoms with Gasteiger partial charge in [-0.05, 0) is 46.6 Å². The molecule has 2 rings (SSSR count). The minimum atomic E-state index is -0.528. The van der Waals surface area contributed by atoms with Crippen molar-refractivity contribution in [3.63, 3.8) is 0 Å². The molecule has 2 aliphatic rings. The van der Waals surface area contributed by atoms with Crippen molar-refractivity contribution in [2.75, 3.05) is 19.6 Å². The van der Waals surface area contributed by atoms with Crippen molar-refractivity contribution < 1.29 is 19.1 Å². The number of piperidine rings is 1. The van der Waals surface area contributed by atoms with Crippen LogP contribution in [0.1, 0.15) is 46.5 Å². The van der Waals surface area contributed by atoms with E-state index in [4.69, 9.17) is 4.74 Å². The summed E-state index contributed by atoms with van der Waals surface area (Å²) in [7, 11) is 0. The summed E-state index contributed by atoms with van der Waals surface area (Å²) in [5, 5.41) is 12.8. The molecule has 2 aliphatic heterocycles. The molecule has 1 fully saturated rings. The fourth-order valence-corrected chi connectivity index (χ4v) is 3.00. The van der Waals surface area contributed by atoms with Gasteiger partial charge in [-0.1, -0.05) is 0 Å². The second-order valence-electron chi connectivity index (χ2n) is 7.57. The minimum absolute atomic E-state index is 0.0837. The summed E-state index contributed by atoms with van der Waals surface area (Å²) in [5.74, 6) is -0.384. The summed E-state index contributed by atoms with van der Waals surface area (Å²) in [6.45, 7) is 7.08. The van der Waals surface area contributed by atoms with E-state index >= 15 is 0 Å². The minimum Gasteiger partial charge on any atom is -0.444 e. The Balaban J connectivity index is 1.66. The predicted molar refractivity (Wildman–Crippen MR) is 96.6 cm³/mol. The van der Waals surface area contributed by atoms with Crippen molar-refractivity contribution in [1.29, 1.82) is 0 Å². The molecular weight excluding hydrogens is 338 g/mol. The van der Waals surface area contributed by atoms with E-state index in [9.17, 15) is 14.4 Å². The maximum absolute atomic E-state index is 12.1. The highest BCUT2D eigenvalue weighted by atomic mass is 16.6. The summed E-state index contributed by atoms with van der Waals surface area (Å²) >= 11 is 0. The number of hydrogen-bond donors (Lipinski definition) is 4. The fourth-order valence-electron chi connectivity index (χ4n) is 3.00. The summed E-state index contributed by atoms with van der Waals surface area (Å²) in [4.78, 5) is 35.5. The lowest BCUT2D eigenvalue weighted by molar-refractivity contribution is -0.127. The Bertz CT molecular complexity index is 570. The third-order valence-corrected chi connectivity index (χ3v) is 4.15. The monoisotopic (exact) mass is 367 g/mol. The van der Waals surface area contributed by atoms with Gasteiger partial charge in [-0.2, -0.15) is 5.10 Å². The molecule has 0 aromatic carbocycles.